The molecule has 2 atom stereocenters. The van der Waals surface area contributed by atoms with Crippen LogP contribution in [-0.2, 0) is 10.8 Å². The van der Waals surface area contributed by atoms with Gasteiger partial charge in [-0.2, -0.15) is 0 Å². The summed E-state index contributed by atoms with van der Waals surface area (Å²) in [6, 6.07) is 0. The number of aliphatic hydroxyl groups is 1. The molecule has 1 aliphatic carbocycles. The molecule has 2 unspecified atom stereocenters. The molecule has 0 aromatic heterocycles. The molecule has 0 bridgehead atoms. The number of rotatable bonds is 6. The molecule has 1 fully saturated rings. The molecule has 3 nitrogen and oxygen atoms in total. The lowest BCUT2D eigenvalue weighted by molar-refractivity contribution is 0.198. The fourth-order valence-corrected chi connectivity index (χ4v) is 3.56. The Morgan fingerprint density at radius 1 is 1.50 bits per heavy atom. The minimum Gasteiger partial charge on any atom is -0.391 e. The van der Waals surface area contributed by atoms with E-state index in [0.29, 0.717) is 18.2 Å². The maximum absolute atomic E-state index is 11.6. The third-order valence-electron chi connectivity index (χ3n) is 2.71. The van der Waals surface area contributed by atoms with Gasteiger partial charge in [0.15, 0.2) is 0 Å². The zero-order chi connectivity index (χ0) is 10.4. The lowest BCUT2D eigenvalue weighted by atomic mass is 10.1. The summed E-state index contributed by atoms with van der Waals surface area (Å²) in [6.07, 6.45) is 4.59. The molecular weight excluding hydrogens is 198 g/mol. The Labute approximate surface area is 88.7 Å². The molecule has 0 spiro atoms. The van der Waals surface area contributed by atoms with Crippen LogP contribution in [0.2, 0.25) is 0 Å². The van der Waals surface area contributed by atoms with Crippen LogP contribution in [-0.4, -0.2) is 40.5 Å². The first-order valence-corrected chi connectivity index (χ1v) is 6.89. The van der Waals surface area contributed by atoms with Crippen molar-refractivity contribution < 1.29 is 9.32 Å². The summed E-state index contributed by atoms with van der Waals surface area (Å²) < 4.78 is 11.6. The highest BCUT2D eigenvalue weighted by Crippen LogP contribution is 2.25. The summed E-state index contributed by atoms with van der Waals surface area (Å²) in [5.74, 6) is 1.87. The van der Waals surface area contributed by atoms with Gasteiger partial charge in [-0.25, -0.2) is 0 Å². The van der Waals surface area contributed by atoms with E-state index in [2.05, 4.69) is 5.32 Å². The van der Waals surface area contributed by atoms with E-state index in [1.54, 1.807) is 7.05 Å². The van der Waals surface area contributed by atoms with Gasteiger partial charge >= 0.3 is 0 Å². The van der Waals surface area contributed by atoms with E-state index in [1.807, 2.05) is 0 Å². The molecule has 0 heterocycles. The van der Waals surface area contributed by atoms with Crippen molar-refractivity contribution in [2.24, 2.45) is 5.92 Å². The van der Waals surface area contributed by atoms with Crippen molar-refractivity contribution in [3.8, 4) is 0 Å². The van der Waals surface area contributed by atoms with Crippen LogP contribution in [0.5, 0.6) is 0 Å². The molecule has 0 amide bonds. The van der Waals surface area contributed by atoms with Crippen molar-refractivity contribution >= 4 is 10.8 Å². The van der Waals surface area contributed by atoms with Crippen LogP contribution in [0.25, 0.3) is 0 Å². The minimum atomic E-state index is -0.831. The van der Waals surface area contributed by atoms with Crippen LogP contribution in [0.1, 0.15) is 25.7 Å². The second-order valence-corrected chi connectivity index (χ2v) is 5.68. The van der Waals surface area contributed by atoms with Crippen molar-refractivity contribution in [3.63, 3.8) is 0 Å². The Hall–Kier alpha value is 0.0700. The molecule has 1 aliphatic rings. The van der Waals surface area contributed by atoms with Gasteiger partial charge in [-0.1, -0.05) is 12.8 Å². The van der Waals surface area contributed by atoms with Crippen molar-refractivity contribution in [3.05, 3.63) is 0 Å². The average Bonchev–Trinajstić information content (AvgIpc) is 2.56. The maximum atomic E-state index is 11.6. The van der Waals surface area contributed by atoms with Crippen LogP contribution in [0.15, 0.2) is 0 Å². The molecule has 0 aromatic carbocycles. The second-order valence-electron chi connectivity index (χ2n) is 4.14. The van der Waals surface area contributed by atoms with Crippen LogP contribution < -0.4 is 5.32 Å². The number of hydrogen-bond acceptors (Lipinski definition) is 3. The molecule has 2 N–H and O–H groups in total. The first-order chi connectivity index (χ1) is 6.72. The number of likely N-dealkylation sites (N-methyl/N-ethyl adjacent to an activating group) is 1. The van der Waals surface area contributed by atoms with Gasteiger partial charge in [0.2, 0.25) is 0 Å². The topological polar surface area (TPSA) is 49.3 Å². The summed E-state index contributed by atoms with van der Waals surface area (Å²) in [5, 5.41) is 12.3. The maximum Gasteiger partial charge on any atom is 0.0779 e. The van der Waals surface area contributed by atoms with Crippen LogP contribution in [0.3, 0.4) is 0 Å². The van der Waals surface area contributed by atoms with Crippen molar-refractivity contribution in [2.45, 2.75) is 31.8 Å². The molecule has 1 saturated carbocycles. The van der Waals surface area contributed by atoms with Gasteiger partial charge in [-0.15, -0.1) is 0 Å². The molecule has 4 heteroatoms. The first kappa shape index (κ1) is 12.1. The van der Waals surface area contributed by atoms with E-state index in [9.17, 15) is 9.32 Å². The molecule has 14 heavy (non-hydrogen) atoms. The Bertz CT molecular complexity index is 181. The van der Waals surface area contributed by atoms with Gasteiger partial charge in [0, 0.05) is 23.1 Å². The standard InChI is InChI=1S/C10H21NO2S/c1-11-6-10(12)8-14(13)7-9-4-2-3-5-9/h9-12H,2-8H2,1H3. The summed E-state index contributed by atoms with van der Waals surface area (Å²) in [5.41, 5.74) is 0. The van der Waals surface area contributed by atoms with Gasteiger partial charge in [0.05, 0.1) is 11.9 Å². The lowest BCUT2D eigenvalue weighted by Crippen LogP contribution is -2.30. The third-order valence-corrected chi connectivity index (χ3v) is 4.31. The van der Waals surface area contributed by atoms with E-state index in [1.165, 1.54) is 25.7 Å². The highest BCUT2D eigenvalue weighted by atomic mass is 32.2. The fourth-order valence-electron chi connectivity index (χ4n) is 2.02. The molecule has 0 radical (unpaired) electrons. The first-order valence-electron chi connectivity index (χ1n) is 5.40. The zero-order valence-corrected chi connectivity index (χ0v) is 9.68. The summed E-state index contributed by atoms with van der Waals surface area (Å²) in [7, 11) is 0.963. The summed E-state index contributed by atoms with van der Waals surface area (Å²) >= 11 is 0. The van der Waals surface area contributed by atoms with Gasteiger partial charge < -0.3 is 10.4 Å². The van der Waals surface area contributed by atoms with Gasteiger partial charge in [-0.05, 0) is 25.8 Å². The van der Waals surface area contributed by atoms with E-state index in [0.717, 1.165) is 5.75 Å². The molecule has 0 aliphatic heterocycles. The van der Waals surface area contributed by atoms with Gasteiger partial charge in [-0.3, -0.25) is 4.21 Å². The highest BCUT2D eigenvalue weighted by molar-refractivity contribution is 7.85. The Kier molecular flexibility index (Phi) is 5.67. The fraction of sp³-hybridized carbons (Fsp3) is 1.00. The monoisotopic (exact) mass is 219 g/mol. The van der Waals surface area contributed by atoms with Crippen LogP contribution >= 0.6 is 0 Å². The number of hydrogen-bond donors (Lipinski definition) is 2. The number of nitrogens with one attached hydrogen (secondary N) is 1. The normalized spacial score (nSPS) is 22.4. The molecular formula is C10H21NO2S. The van der Waals surface area contributed by atoms with Crippen molar-refractivity contribution in [1.82, 2.24) is 5.32 Å². The predicted octanol–water partition coefficient (Wildman–Crippen LogP) is 0.506. The zero-order valence-electron chi connectivity index (χ0n) is 8.87. The van der Waals surface area contributed by atoms with Crippen molar-refractivity contribution in [2.75, 3.05) is 25.1 Å². The molecule has 1 rings (SSSR count). The number of aliphatic hydroxyl groups excluding tert-OH is 1. The smallest absolute Gasteiger partial charge is 0.0779 e. The summed E-state index contributed by atoms with van der Waals surface area (Å²) in [4.78, 5) is 0. The Morgan fingerprint density at radius 3 is 2.71 bits per heavy atom. The van der Waals surface area contributed by atoms with Crippen molar-refractivity contribution in [1.29, 1.82) is 0 Å². The van der Waals surface area contributed by atoms with Crippen LogP contribution in [0, 0.1) is 5.92 Å². The SMILES string of the molecule is CNCC(O)CS(=O)CC1CCCC1. The lowest BCUT2D eigenvalue weighted by Gasteiger charge is -2.12. The molecule has 84 valence electrons. The van der Waals surface area contributed by atoms with Crippen LogP contribution in [0.4, 0.5) is 0 Å². The predicted molar refractivity (Wildman–Crippen MR) is 59.8 cm³/mol. The minimum absolute atomic E-state index is 0.428. The van der Waals surface area contributed by atoms with E-state index in [-0.39, 0.29) is 0 Å². The highest BCUT2D eigenvalue weighted by Gasteiger charge is 2.18. The van der Waals surface area contributed by atoms with E-state index in [4.69, 9.17) is 0 Å². The second kappa shape index (κ2) is 6.53. The van der Waals surface area contributed by atoms with E-state index < -0.39 is 16.9 Å². The molecule has 0 saturated heterocycles. The largest absolute Gasteiger partial charge is 0.391 e. The quantitative estimate of drug-likeness (QED) is 0.684. The Morgan fingerprint density at radius 2 is 2.14 bits per heavy atom. The summed E-state index contributed by atoms with van der Waals surface area (Å²) in [6.45, 7) is 0.538. The average molecular weight is 219 g/mol. The van der Waals surface area contributed by atoms with Gasteiger partial charge in [0.25, 0.3) is 0 Å². The van der Waals surface area contributed by atoms with Gasteiger partial charge in [0.1, 0.15) is 0 Å². The molecule has 0 aromatic rings. The third kappa shape index (κ3) is 4.53. The Balaban J connectivity index is 2.14. The van der Waals surface area contributed by atoms with E-state index >= 15 is 0 Å².